The Morgan fingerprint density at radius 2 is 1.57 bits per heavy atom. The van der Waals surface area contributed by atoms with E-state index in [1.807, 2.05) is 58.9 Å². The summed E-state index contributed by atoms with van der Waals surface area (Å²) in [7, 11) is -4.18. The highest BCUT2D eigenvalue weighted by atomic mass is 32.2. The molecule has 0 aliphatic carbocycles. The summed E-state index contributed by atoms with van der Waals surface area (Å²) >= 11 is 0. The van der Waals surface area contributed by atoms with E-state index in [1.54, 1.807) is 36.4 Å². The Hall–Kier alpha value is -4.05. The summed E-state index contributed by atoms with van der Waals surface area (Å²) in [5, 5.41) is 2.98. The van der Waals surface area contributed by atoms with Gasteiger partial charge in [0.2, 0.25) is 11.8 Å². The van der Waals surface area contributed by atoms with Crippen LogP contribution in [0.15, 0.2) is 77.7 Å². The van der Waals surface area contributed by atoms with E-state index in [4.69, 9.17) is 9.47 Å². The van der Waals surface area contributed by atoms with Gasteiger partial charge < -0.3 is 19.7 Å². The lowest BCUT2D eigenvalue weighted by molar-refractivity contribution is -0.141. The SMILES string of the molecule is CC[C@@H](C(=O)NC(C)(C)C)N(Cc1ccc(C)cc1)C(=O)CN(c1ccc2c(c1)OCCO2)S(=O)(=O)c1ccccc1. The molecular formula is C32H39N3O6S. The first kappa shape index (κ1) is 30.9. The molecule has 0 radical (unpaired) electrons. The van der Waals surface area contributed by atoms with E-state index in [9.17, 15) is 18.0 Å². The zero-order valence-electron chi connectivity index (χ0n) is 24.8. The second-order valence-electron chi connectivity index (χ2n) is 11.3. The normalized spacial score (nSPS) is 13.6. The van der Waals surface area contributed by atoms with E-state index in [1.165, 1.54) is 17.0 Å². The number of ether oxygens (including phenoxy) is 2. The van der Waals surface area contributed by atoms with Crippen molar-refractivity contribution in [1.82, 2.24) is 10.2 Å². The fourth-order valence-electron chi connectivity index (χ4n) is 4.70. The molecule has 0 aromatic heterocycles. The molecule has 1 aliphatic rings. The van der Waals surface area contributed by atoms with Gasteiger partial charge in [-0.3, -0.25) is 13.9 Å². The zero-order valence-corrected chi connectivity index (χ0v) is 25.6. The summed E-state index contributed by atoms with van der Waals surface area (Å²) in [6.45, 7) is 9.75. The fraction of sp³-hybridized carbons (Fsp3) is 0.375. The minimum Gasteiger partial charge on any atom is -0.486 e. The van der Waals surface area contributed by atoms with Gasteiger partial charge in [-0.05, 0) is 63.9 Å². The highest BCUT2D eigenvalue weighted by Crippen LogP contribution is 2.36. The molecule has 3 aromatic carbocycles. The third-order valence-electron chi connectivity index (χ3n) is 6.78. The highest BCUT2D eigenvalue weighted by Gasteiger charge is 2.35. The first-order valence-electron chi connectivity index (χ1n) is 14.0. The number of hydrogen-bond acceptors (Lipinski definition) is 6. The van der Waals surface area contributed by atoms with Gasteiger partial charge in [0.25, 0.3) is 10.0 Å². The lowest BCUT2D eigenvalue weighted by Gasteiger charge is -2.35. The molecule has 0 fully saturated rings. The van der Waals surface area contributed by atoms with Gasteiger partial charge in [-0.1, -0.05) is 55.0 Å². The van der Waals surface area contributed by atoms with E-state index < -0.39 is 34.1 Å². The van der Waals surface area contributed by atoms with Gasteiger partial charge in [0, 0.05) is 18.2 Å². The molecule has 1 N–H and O–H groups in total. The molecule has 0 saturated carbocycles. The molecule has 42 heavy (non-hydrogen) atoms. The molecule has 224 valence electrons. The number of aryl methyl sites for hydroxylation is 1. The number of anilines is 1. The van der Waals surface area contributed by atoms with Crippen molar-refractivity contribution >= 4 is 27.5 Å². The second kappa shape index (κ2) is 12.9. The van der Waals surface area contributed by atoms with Crippen LogP contribution in [0.3, 0.4) is 0 Å². The molecule has 0 bridgehead atoms. The Morgan fingerprint density at radius 3 is 2.19 bits per heavy atom. The third kappa shape index (κ3) is 7.42. The summed E-state index contributed by atoms with van der Waals surface area (Å²) < 4.78 is 40.4. The van der Waals surface area contributed by atoms with Gasteiger partial charge in [-0.25, -0.2) is 8.42 Å². The largest absolute Gasteiger partial charge is 0.486 e. The van der Waals surface area contributed by atoms with Crippen LogP contribution in [-0.4, -0.2) is 56.5 Å². The van der Waals surface area contributed by atoms with Crippen molar-refractivity contribution in [3.8, 4) is 11.5 Å². The standard InChI is InChI=1S/C32H39N3O6S/c1-6-27(31(37)33-32(3,4)5)34(21-24-14-12-23(2)13-15-24)30(36)22-35(42(38,39)26-10-8-7-9-11-26)25-16-17-28-29(20-25)41-19-18-40-28/h7-17,20,27H,6,18-19,21-22H2,1-5H3,(H,33,37)/t27-/m0/s1. The van der Waals surface area contributed by atoms with Crippen LogP contribution in [0.25, 0.3) is 0 Å². The summed E-state index contributed by atoms with van der Waals surface area (Å²) in [5.41, 5.74) is 1.62. The van der Waals surface area contributed by atoms with Crippen LogP contribution in [0.5, 0.6) is 11.5 Å². The van der Waals surface area contributed by atoms with Crippen LogP contribution >= 0.6 is 0 Å². The lowest BCUT2D eigenvalue weighted by atomic mass is 10.1. The lowest BCUT2D eigenvalue weighted by Crippen LogP contribution is -2.55. The van der Waals surface area contributed by atoms with Crippen molar-refractivity contribution in [2.75, 3.05) is 24.1 Å². The number of fused-ring (bicyclic) bond motifs is 1. The maximum atomic E-state index is 14.2. The van der Waals surface area contributed by atoms with Gasteiger partial charge in [0.05, 0.1) is 10.6 Å². The van der Waals surface area contributed by atoms with Gasteiger partial charge >= 0.3 is 0 Å². The summed E-state index contributed by atoms with van der Waals surface area (Å²) in [5.74, 6) is 0.0781. The van der Waals surface area contributed by atoms with E-state index in [0.717, 1.165) is 15.4 Å². The Kier molecular flexibility index (Phi) is 9.46. The smallest absolute Gasteiger partial charge is 0.264 e. The van der Waals surface area contributed by atoms with E-state index in [2.05, 4.69) is 5.32 Å². The summed E-state index contributed by atoms with van der Waals surface area (Å²) in [6.07, 6.45) is 0.342. The Morgan fingerprint density at radius 1 is 0.929 bits per heavy atom. The van der Waals surface area contributed by atoms with Crippen molar-refractivity contribution < 1.29 is 27.5 Å². The number of carbonyl (C=O) groups excluding carboxylic acids is 2. The van der Waals surface area contributed by atoms with E-state index >= 15 is 0 Å². The topological polar surface area (TPSA) is 105 Å². The average Bonchev–Trinajstić information content (AvgIpc) is 2.96. The molecule has 0 saturated heterocycles. The zero-order chi connectivity index (χ0) is 30.5. The number of sulfonamides is 1. The van der Waals surface area contributed by atoms with Crippen LogP contribution in [0, 0.1) is 6.92 Å². The van der Waals surface area contributed by atoms with Crippen LogP contribution in [0.4, 0.5) is 5.69 Å². The minimum absolute atomic E-state index is 0.0373. The van der Waals surface area contributed by atoms with Crippen LogP contribution < -0.4 is 19.1 Å². The van der Waals surface area contributed by atoms with Crippen molar-refractivity contribution in [2.45, 2.75) is 64.1 Å². The summed E-state index contributed by atoms with van der Waals surface area (Å²) in [4.78, 5) is 29.2. The quantitative estimate of drug-likeness (QED) is 0.366. The van der Waals surface area contributed by atoms with Crippen LogP contribution in [-0.2, 0) is 26.2 Å². The van der Waals surface area contributed by atoms with Gasteiger partial charge in [-0.15, -0.1) is 0 Å². The van der Waals surface area contributed by atoms with Gasteiger partial charge in [0.15, 0.2) is 11.5 Å². The predicted octanol–water partition coefficient (Wildman–Crippen LogP) is 4.68. The van der Waals surface area contributed by atoms with E-state index in [0.29, 0.717) is 31.1 Å². The molecule has 3 aromatic rings. The first-order chi connectivity index (χ1) is 19.9. The van der Waals surface area contributed by atoms with Crippen molar-refractivity contribution in [3.63, 3.8) is 0 Å². The summed E-state index contributed by atoms with van der Waals surface area (Å²) in [6, 6.07) is 19.6. The second-order valence-corrected chi connectivity index (χ2v) is 13.2. The maximum absolute atomic E-state index is 14.2. The number of nitrogens with one attached hydrogen (secondary N) is 1. The fourth-order valence-corrected chi connectivity index (χ4v) is 6.13. The number of nitrogens with zero attached hydrogens (tertiary/aromatic N) is 2. The van der Waals surface area contributed by atoms with Gasteiger partial charge in [-0.2, -0.15) is 0 Å². The number of rotatable bonds is 10. The molecule has 0 spiro atoms. The molecule has 2 amide bonds. The molecule has 1 aliphatic heterocycles. The van der Waals surface area contributed by atoms with Crippen molar-refractivity contribution in [3.05, 3.63) is 83.9 Å². The number of hydrogen-bond donors (Lipinski definition) is 1. The molecule has 0 unspecified atom stereocenters. The Bertz CT molecular complexity index is 1500. The highest BCUT2D eigenvalue weighted by molar-refractivity contribution is 7.92. The molecular weight excluding hydrogens is 554 g/mol. The molecule has 1 atom stereocenters. The predicted molar refractivity (Wildman–Crippen MR) is 162 cm³/mol. The Labute approximate surface area is 248 Å². The Balaban J connectivity index is 1.76. The van der Waals surface area contributed by atoms with Crippen LogP contribution in [0.1, 0.15) is 45.2 Å². The third-order valence-corrected chi connectivity index (χ3v) is 8.57. The number of benzene rings is 3. The van der Waals surface area contributed by atoms with Crippen molar-refractivity contribution in [1.29, 1.82) is 0 Å². The number of amides is 2. The average molecular weight is 594 g/mol. The van der Waals surface area contributed by atoms with Crippen molar-refractivity contribution in [2.24, 2.45) is 0 Å². The first-order valence-corrected chi connectivity index (χ1v) is 15.5. The minimum atomic E-state index is -4.18. The molecule has 4 rings (SSSR count). The van der Waals surface area contributed by atoms with Gasteiger partial charge in [0.1, 0.15) is 25.8 Å². The molecule has 1 heterocycles. The number of carbonyl (C=O) groups is 2. The van der Waals surface area contributed by atoms with E-state index in [-0.39, 0.29) is 23.0 Å². The monoisotopic (exact) mass is 593 g/mol. The van der Waals surface area contributed by atoms with Crippen LogP contribution in [0.2, 0.25) is 0 Å². The molecule has 9 nitrogen and oxygen atoms in total. The molecule has 10 heteroatoms. The maximum Gasteiger partial charge on any atom is 0.264 e.